The standard InChI is InChI=1S/C31H28N2O6S4/c1-2-21(19-28-32(15-17-39-42(34)35)30-24-9-5-3-7-22(24)11-13-26(30)40-28)20-29-33(16-18-43(36,37)38)31-25-10-6-4-8-23(25)12-14-27(31)41-29/h3-14,19-20H,2,15-18H2,1H3,(H-,34,35,36,37,38)/p+1. The van der Waals surface area contributed by atoms with Crippen LogP contribution in [0.1, 0.15) is 18.4 Å². The fourth-order valence-electron chi connectivity index (χ4n) is 5.38. The molecular weight excluding hydrogens is 625 g/mol. The third kappa shape index (κ3) is 6.41. The van der Waals surface area contributed by atoms with Crippen molar-refractivity contribution in [1.82, 2.24) is 0 Å². The Morgan fingerprint density at radius 3 is 2.44 bits per heavy atom. The Bertz CT molecular complexity index is 2050. The van der Waals surface area contributed by atoms with Crippen LogP contribution in [-0.2, 0) is 32.2 Å². The van der Waals surface area contributed by atoms with Gasteiger partial charge in [-0.3, -0.25) is 13.3 Å². The number of nitrogens with zero attached hydrogens (tertiary/aromatic N) is 2. The quantitative estimate of drug-likeness (QED) is 0.0965. The lowest BCUT2D eigenvalue weighted by Crippen LogP contribution is -2.37. The van der Waals surface area contributed by atoms with E-state index >= 15 is 0 Å². The van der Waals surface area contributed by atoms with Crippen molar-refractivity contribution in [1.29, 1.82) is 0 Å². The van der Waals surface area contributed by atoms with Gasteiger partial charge in [-0.25, -0.2) is 0 Å². The molecule has 2 heterocycles. The fraction of sp³-hybridized carbons (Fsp3) is 0.194. The Balaban J connectivity index is 1.46. The summed E-state index contributed by atoms with van der Waals surface area (Å²) in [7, 11) is -4.17. The molecule has 1 aliphatic rings. The summed E-state index contributed by atoms with van der Waals surface area (Å²) in [5.74, 6) is -0.394. The van der Waals surface area contributed by atoms with Crippen LogP contribution in [0, 0.1) is 0 Å². The fourth-order valence-corrected chi connectivity index (χ4v) is 8.37. The van der Waals surface area contributed by atoms with E-state index in [2.05, 4.69) is 60.0 Å². The Labute approximate surface area is 260 Å². The molecule has 1 aliphatic heterocycles. The summed E-state index contributed by atoms with van der Waals surface area (Å²) >= 11 is 0.854. The Kier molecular flexibility index (Phi) is 8.70. The van der Waals surface area contributed by atoms with E-state index in [1.165, 1.54) is 0 Å². The van der Waals surface area contributed by atoms with E-state index in [-0.39, 0.29) is 13.2 Å². The van der Waals surface area contributed by atoms with E-state index in [1.54, 1.807) is 23.1 Å². The first-order valence-corrected chi connectivity index (χ1v) is 17.9. The van der Waals surface area contributed by atoms with Crippen molar-refractivity contribution in [3.63, 3.8) is 0 Å². The minimum absolute atomic E-state index is 0.0634. The summed E-state index contributed by atoms with van der Waals surface area (Å²) in [5.41, 5.74) is 2.99. The molecule has 1 atom stereocenters. The molecule has 0 aliphatic carbocycles. The van der Waals surface area contributed by atoms with Crippen LogP contribution >= 0.6 is 23.1 Å². The van der Waals surface area contributed by atoms with Gasteiger partial charge in [0.25, 0.3) is 15.1 Å². The summed E-state index contributed by atoms with van der Waals surface area (Å²) in [5, 5.41) is 6.09. The second-order valence-corrected chi connectivity index (χ2v) is 14.4. The maximum absolute atomic E-state index is 11.8. The van der Waals surface area contributed by atoms with Crippen molar-refractivity contribution in [2.45, 2.75) is 24.8 Å². The zero-order valence-corrected chi connectivity index (χ0v) is 26.4. The van der Waals surface area contributed by atoms with E-state index in [4.69, 9.17) is 4.18 Å². The highest BCUT2D eigenvalue weighted by Crippen LogP contribution is 2.49. The Morgan fingerprint density at radius 1 is 1.02 bits per heavy atom. The summed E-state index contributed by atoms with van der Waals surface area (Å²) < 4.78 is 61.8. The van der Waals surface area contributed by atoms with Gasteiger partial charge in [0, 0.05) is 22.9 Å². The predicted octanol–water partition coefficient (Wildman–Crippen LogP) is 6.78. The van der Waals surface area contributed by atoms with Crippen LogP contribution in [-0.4, -0.2) is 40.6 Å². The largest absolute Gasteiger partial charge is 0.333 e. The van der Waals surface area contributed by atoms with Crippen molar-refractivity contribution in [3.05, 3.63) is 94.5 Å². The van der Waals surface area contributed by atoms with Gasteiger partial charge in [-0.2, -0.15) is 17.2 Å². The first-order valence-electron chi connectivity index (χ1n) is 13.6. The second kappa shape index (κ2) is 12.5. The van der Waals surface area contributed by atoms with Crippen molar-refractivity contribution in [2.24, 2.45) is 0 Å². The Hall–Kier alpha value is -3.10. The number of hydrogen-bond donors (Lipinski definition) is 2. The van der Waals surface area contributed by atoms with Gasteiger partial charge in [0.15, 0.2) is 6.54 Å². The number of aromatic nitrogens is 1. The highest BCUT2D eigenvalue weighted by atomic mass is 32.2. The van der Waals surface area contributed by atoms with Crippen molar-refractivity contribution in [2.75, 3.05) is 23.8 Å². The Morgan fingerprint density at radius 2 is 1.72 bits per heavy atom. The molecule has 0 fully saturated rings. The molecule has 43 heavy (non-hydrogen) atoms. The summed E-state index contributed by atoms with van der Waals surface area (Å²) in [6.45, 7) is 2.62. The van der Waals surface area contributed by atoms with E-state index in [0.717, 1.165) is 58.0 Å². The molecule has 1 aromatic heterocycles. The van der Waals surface area contributed by atoms with Gasteiger partial charge < -0.3 is 4.90 Å². The van der Waals surface area contributed by atoms with Gasteiger partial charge in [-0.05, 0) is 47.0 Å². The van der Waals surface area contributed by atoms with E-state index < -0.39 is 27.2 Å². The summed E-state index contributed by atoms with van der Waals surface area (Å²) in [6, 6.07) is 24.4. The number of allylic oxidation sites excluding steroid dienone is 2. The maximum Gasteiger partial charge on any atom is 0.302 e. The minimum atomic E-state index is -4.17. The third-order valence-electron chi connectivity index (χ3n) is 7.33. The van der Waals surface area contributed by atoms with Gasteiger partial charge in [0.2, 0.25) is 5.52 Å². The van der Waals surface area contributed by atoms with Crippen molar-refractivity contribution >= 4 is 88.1 Å². The van der Waals surface area contributed by atoms with Crippen molar-refractivity contribution in [3.8, 4) is 0 Å². The maximum atomic E-state index is 11.8. The van der Waals surface area contributed by atoms with E-state index in [0.29, 0.717) is 13.0 Å². The van der Waals surface area contributed by atoms with E-state index in [9.17, 15) is 21.7 Å². The normalized spacial score (nSPS) is 15.7. The SMILES string of the molecule is CCC(=Cc1sc2ccc3ccccc3c2[n+]1CCOS(=O)O)C=C1Sc2ccc3ccccc3c2N1CCS(=O)(=O)O. The minimum Gasteiger partial charge on any atom is -0.333 e. The number of rotatable bonds is 10. The summed E-state index contributed by atoms with van der Waals surface area (Å²) in [4.78, 5) is 3.00. The molecule has 2 N–H and O–H groups in total. The van der Waals surface area contributed by atoms with Crippen LogP contribution in [0.5, 0.6) is 0 Å². The van der Waals surface area contributed by atoms with E-state index in [1.807, 2.05) is 41.3 Å². The number of anilines is 1. The molecule has 12 heteroatoms. The molecule has 0 amide bonds. The molecule has 8 nitrogen and oxygen atoms in total. The zero-order chi connectivity index (χ0) is 30.1. The lowest BCUT2D eigenvalue weighted by molar-refractivity contribution is -0.668. The lowest BCUT2D eigenvalue weighted by Gasteiger charge is -2.21. The molecule has 0 spiro atoms. The third-order valence-corrected chi connectivity index (χ3v) is 10.6. The molecular formula is C31H29N2O6S4+. The van der Waals surface area contributed by atoms with Gasteiger partial charge in [-0.1, -0.05) is 84.6 Å². The molecule has 0 saturated carbocycles. The molecule has 1 unspecified atom stereocenters. The number of thioether (sulfide) groups is 1. The highest BCUT2D eigenvalue weighted by molar-refractivity contribution is 8.03. The molecule has 5 aromatic rings. The number of fused-ring (bicyclic) bond motifs is 6. The topological polar surface area (TPSA) is 108 Å². The van der Waals surface area contributed by atoms with Crippen LogP contribution in [0.15, 0.2) is 94.4 Å². The molecule has 0 bridgehead atoms. The molecule has 6 rings (SSSR count). The number of thiazole rings is 1. The first-order chi connectivity index (χ1) is 20.7. The van der Waals surface area contributed by atoms with Gasteiger partial charge >= 0.3 is 11.4 Å². The van der Waals surface area contributed by atoms with Gasteiger partial charge in [-0.15, -0.1) is 0 Å². The van der Waals surface area contributed by atoms with Crippen molar-refractivity contribution < 1.29 is 30.5 Å². The predicted molar refractivity (Wildman–Crippen MR) is 176 cm³/mol. The molecule has 4 aromatic carbocycles. The van der Waals surface area contributed by atoms with Crippen LogP contribution in [0.25, 0.3) is 37.8 Å². The molecule has 222 valence electrons. The lowest BCUT2D eigenvalue weighted by atomic mass is 10.1. The van der Waals surface area contributed by atoms with Crippen LogP contribution in [0.3, 0.4) is 0 Å². The molecule has 0 radical (unpaired) electrons. The highest BCUT2D eigenvalue weighted by Gasteiger charge is 2.29. The average Bonchev–Trinajstić information content (AvgIpc) is 3.52. The molecule has 0 saturated heterocycles. The first kappa shape index (κ1) is 29.9. The summed E-state index contributed by atoms with van der Waals surface area (Å²) in [6.07, 6.45) is 4.90. The number of hydrogen-bond acceptors (Lipinski definition) is 7. The second-order valence-electron chi connectivity index (χ2n) is 9.99. The van der Waals surface area contributed by atoms with Gasteiger partial charge in [0.1, 0.15) is 11.3 Å². The zero-order valence-electron chi connectivity index (χ0n) is 23.2. The van der Waals surface area contributed by atoms with Crippen LogP contribution in [0.4, 0.5) is 5.69 Å². The van der Waals surface area contributed by atoms with Crippen LogP contribution in [0.2, 0.25) is 0 Å². The average molecular weight is 654 g/mol. The smallest absolute Gasteiger partial charge is 0.302 e. The monoisotopic (exact) mass is 653 g/mol. The number of benzene rings is 4. The van der Waals surface area contributed by atoms with Gasteiger partial charge in [0.05, 0.1) is 21.9 Å². The van der Waals surface area contributed by atoms with Crippen LogP contribution < -0.4 is 9.47 Å².